The summed E-state index contributed by atoms with van der Waals surface area (Å²) in [6.07, 6.45) is 3.15. The first-order valence-electron chi connectivity index (χ1n) is 7.38. The lowest BCUT2D eigenvalue weighted by atomic mass is 9.99. The van der Waals surface area contributed by atoms with Crippen molar-refractivity contribution in [2.75, 3.05) is 46.9 Å². The summed E-state index contributed by atoms with van der Waals surface area (Å²) in [5, 5.41) is 6.31. The molecular weight excluding hydrogens is 313 g/mol. The summed E-state index contributed by atoms with van der Waals surface area (Å²) in [4.78, 5) is 14.2. The van der Waals surface area contributed by atoms with Crippen molar-refractivity contribution >= 4 is 30.7 Å². The van der Waals surface area contributed by atoms with E-state index in [9.17, 15) is 4.79 Å². The SMILES string of the molecule is CCOC(CCN(C)C)CNC(=O)C1CCCNC1.Cl.Cl. The Morgan fingerprint density at radius 3 is 2.67 bits per heavy atom. The summed E-state index contributed by atoms with van der Waals surface area (Å²) in [5.74, 6) is 0.298. The molecular formula is C14H31Cl2N3O2. The highest BCUT2D eigenvalue weighted by Crippen LogP contribution is 2.10. The van der Waals surface area contributed by atoms with Crippen molar-refractivity contribution in [1.29, 1.82) is 0 Å². The van der Waals surface area contributed by atoms with Crippen LogP contribution in [0.2, 0.25) is 0 Å². The number of ether oxygens (including phenoxy) is 1. The van der Waals surface area contributed by atoms with Crippen molar-refractivity contribution in [1.82, 2.24) is 15.5 Å². The molecule has 2 atom stereocenters. The first-order chi connectivity index (χ1) is 9.13. The van der Waals surface area contributed by atoms with Gasteiger partial charge >= 0.3 is 0 Å². The Bertz CT molecular complexity index is 263. The Labute approximate surface area is 141 Å². The van der Waals surface area contributed by atoms with E-state index in [2.05, 4.69) is 29.6 Å². The first kappa shape index (κ1) is 23.2. The molecule has 0 spiro atoms. The summed E-state index contributed by atoms with van der Waals surface area (Å²) >= 11 is 0. The summed E-state index contributed by atoms with van der Waals surface area (Å²) in [5.41, 5.74) is 0. The van der Waals surface area contributed by atoms with E-state index in [1.807, 2.05) is 6.92 Å². The molecule has 0 aromatic rings. The highest BCUT2D eigenvalue weighted by Gasteiger charge is 2.21. The van der Waals surface area contributed by atoms with E-state index in [1.54, 1.807) is 0 Å². The molecule has 0 aliphatic carbocycles. The van der Waals surface area contributed by atoms with Crippen molar-refractivity contribution in [3.8, 4) is 0 Å². The second-order valence-corrected chi connectivity index (χ2v) is 5.46. The van der Waals surface area contributed by atoms with Crippen LogP contribution < -0.4 is 10.6 Å². The highest BCUT2D eigenvalue weighted by atomic mass is 35.5. The van der Waals surface area contributed by atoms with Crippen LogP contribution in [0.1, 0.15) is 26.2 Å². The Balaban J connectivity index is 0. The van der Waals surface area contributed by atoms with Crippen LogP contribution >= 0.6 is 24.8 Å². The largest absolute Gasteiger partial charge is 0.377 e. The molecule has 1 amide bonds. The predicted octanol–water partition coefficient (Wildman–Crippen LogP) is 1.30. The fraction of sp³-hybridized carbons (Fsp3) is 0.929. The highest BCUT2D eigenvalue weighted by molar-refractivity contribution is 5.85. The number of piperidine rings is 1. The van der Waals surface area contributed by atoms with Crippen molar-refractivity contribution in [2.24, 2.45) is 5.92 Å². The number of nitrogens with zero attached hydrogens (tertiary/aromatic N) is 1. The Hall–Kier alpha value is -0.0700. The molecule has 1 fully saturated rings. The summed E-state index contributed by atoms with van der Waals surface area (Å²) in [6, 6.07) is 0. The van der Waals surface area contributed by atoms with Gasteiger partial charge in [-0.2, -0.15) is 0 Å². The van der Waals surface area contributed by atoms with Crippen LogP contribution in [0.25, 0.3) is 0 Å². The number of rotatable bonds is 8. The maximum atomic E-state index is 12.0. The van der Waals surface area contributed by atoms with E-state index in [0.29, 0.717) is 13.2 Å². The van der Waals surface area contributed by atoms with Crippen LogP contribution in [0.5, 0.6) is 0 Å². The molecule has 0 bridgehead atoms. The molecule has 1 rings (SSSR count). The van der Waals surface area contributed by atoms with Gasteiger partial charge in [0.25, 0.3) is 0 Å². The monoisotopic (exact) mass is 343 g/mol. The number of hydrogen-bond acceptors (Lipinski definition) is 4. The Morgan fingerprint density at radius 2 is 2.14 bits per heavy atom. The number of halogens is 2. The number of nitrogens with one attached hydrogen (secondary N) is 2. The van der Waals surface area contributed by atoms with E-state index >= 15 is 0 Å². The van der Waals surface area contributed by atoms with Gasteiger partial charge in [-0.05, 0) is 46.8 Å². The minimum atomic E-state index is 0. The second-order valence-electron chi connectivity index (χ2n) is 5.46. The topological polar surface area (TPSA) is 53.6 Å². The lowest BCUT2D eigenvalue weighted by Crippen LogP contribution is -2.43. The smallest absolute Gasteiger partial charge is 0.224 e. The number of carbonyl (C=O) groups excluding carboxylic acids is 1. The van der Waals surface area contributed by atoms with Crippen LogP contribution in [-0.2, 0) is 9.53 Å². The van der Waals surface area contributed by atoms with Gasteiger partial charge in [-0.25, -0.2) is 0 Å². The van der Waals surface area contributed by atoms with E-state index in [0.717, 1.165) is 38.9 Å². The summed E-state index contributed by atoms with van der Waals surface area (Å²) in [6.45, 7) is 6.13. The Morgan fingerprint density at radius 1 is 1.43 bits per heavy atom. The van der Waals surface area contributed by atoms with Gasteiger partial charge in [0.1, 0.15) is 0 Å². The lowest BCUT2D eigenvalue weighted by molar-refractivity contribution is -0.126. The lowest BCUT2D eigenvalue weighted by Gasteiger charge is -2.24. The zero-order valence-electron chi connectivity index (χ0n) is 13.4. The van der Waals surface area contributed by atoms with Crippen molar-refractivity contribution < 1.29 is 9.53 Å². The van der Waals surface area contributed by atoms with Gasteiger partial charge in [-0.3, -0.25) is 4.79 Å². The molecule has 2 unspecified atom stereocenters. The van der Waals surface area contributed by atoms with E-state index in [-0.39, 0.29) is 42.7 Å². The molecule has 0 aromatic heterocycles. The van der Waals surface area contributed by atoms with Gasteiger partial charge < -0.3 is 20.3 Å². The standard InChI is InChI=1S/C14H29N3O2.2ClH/c1-4-19-13(7-9-17(2)3)11-16-14(18)12-6-5-8-15-10-12;;/h12-13,15H,4-11H2,1-3H3,(H,16,18);2*1H. The third-order valence-electron chi connectivity index (χ3n) is 3.47. The van der Waals surface area contributed by atoms with Crippen LogP contribution in [0, 0.1) is 5.92 Å². The van der Waals surface area contributed by atoms with Gasteiger partial charge in [0, 0.05) is 26.2 Å². The molecule has 0 saturated carbocycles. The van der Waals surface area contributed by atoms with Crippen molar-refractivity contribution in [2.45, 2.75) is 32.3 Å². The van der Waals surface area contributed by atoms with E-state index < -0.39 is 0 Å². The normalized spacial score (nSPS) is 19.3. The maximum absolute atomic E-state index is 12.0. The number of hydrogen-bond donors (Lipinski definition) is 2. The van der Waals surface area contributed by atoms with Crippen molar-refractivity contribution in [3.05, 3.63) is 0 Å². The average Bonchev–Trinajstić information content (AvgIpc) is 2.42. The van der Waals surface area contributed by atoms with Gasteiger partial charge in [0.15, 0.2) is 0 Å². The van der Waals surface area contributed by atoms with Gasteiger partial charge in [0.05, 0.1) is 12.0 Å². The molecule has 1 aliphatic heterocycles. The van der Waals surface area contributed by atoms with Gasteiger partial charge in [-0.1, -0.05) is 0 Å². The van der Waals surface area contributed by atoms with Crippen LogP contribution in [0.4, 0.5) is 0 Å². The van der Waals surface area contributed by atoms with Crippen LogP contribution in [0.3, 0.4) is 0 Å². The van der Waals surface area contributed by atoms with Gasteiger partial charge in [-0.15, -0.1) is 24.8 Å². The zero-order valence-corrected chi connectivity index (χ0v) is 15.0. The number of amides is 1. The summed E-state index contributed by atoms with van der Waals surface area (Å²) in [7, 11) is 4.10. The second kappa shape index (κ2) is 13.6. The quantitative estimate of drug-likeness (QED) is 0.697. The molecule has 2 N–H and O–H groups in total. The molecule has 0 aromatic carbocycles. The zero-order chi connectivity index (χ0) is 14.1. The molecule has 0 radical (unpaired) electrons. The fourth-order valence-electron chi connectivity index (χ4n) is 2.32. The first-order valence-corrected chi connectivity index (χ1v) is 7.38. The molecule has 1 heterocycles. The minimum Gasteiger partial charge on any atom is -0.377 e. The third-order valence-corrected chi connectivity index (χ3v) is 3.47. The van der Waals surface area contributed by atoms with Gasteiger partial charge in [0.2, 0.25) is 5.91 Å². The number of carbonyl (C=O) groups is 1. The molecule has 1 saturated heterocycles. The third kappa shape index (κ3) is 10.3. The molecule has 5 nitrogen and oxygen atoms in total. The minimum absolute atomic E-state index is 0. The van der Waals surface area contributed by atoms with Crippen LogP contribution in [0.15, 0.2) is 0 Å². The average molecular weight is 344 g/mol. The van der Waals surface area contributed by atoms with E-state index in [1.165, 1.54) is 0 Å². The predicted molar refractivity (Wildman–Crippen MR) is 91.7 cm³/mol. The van der Waals surface area contributed by atoms with Crippen LogP contribution in [-0.4, -0.2) is 63.8 Å². The molecule has 7 heteroatoms. The Kier molecular flexibility index (Phi) is 15.0. The maximum Gasteiger partial charge on any atom is 0.224 e. The molecule has 128 valence electrons. The van der Waals surface area contributed by atoms with Crippen molar-refractivity contribution in [3.63, 3.8) is 0 Å². The molecule has 21 heavy (non-hydrogen) atoms. The van der Waals surface area contributed by atoms with E-state index in [4.69, 9.17) is 4.74 Å². The molecule has 1 aliphatic rings. The summed E-state index contributed by atoms with van der Waals surface area (Å²) < 4.78 is 5.67. The fourth-order valence-corrected chi connectivity index (χ4v) is 2.32.